The molecular weight excluding hydrogens is 193 g/mol. The van der Waals surface area contributed by atoms with Crippen molar-refractivity contribution in [3.63, 3.8) is 0 Å². The van der Waals surface area contributed by atoms with E-state index in [1.54, 1.807) is 12.1 Å². The Morgan fingerprint density at radius 3 is 2.93 bits per heavy atom. The van der Waals surface area contributed by atoms with Gasteiger partial charge in [0.15, 0.2) is 0 Å². The highest BCUT2D eigenvalue weighted by molar-refractivity contribution is 5.23. The van der Waals surface area contributed by atoms with Crippen LogP contribution in [0.1, 0.15) is 11.5 Å². The van der Waals surface area contributed by atoms with E-state index < -0.39 is 0 Å². The Morgan fingerprint density at radius 1 is 1.47 bits per heavy atom. The predicted octanol–water partition coefficient (Wildman–Crippen LogP) is 1.46. The van der Waals surface area contributed by atoms with Gasteiger partial charge in [-0.05, 0) is 24.7 Å². The molecule has 0 aromatic heterocycles. The van der Waals surface area contributed by atoms with Crippen LogP contribution >= 0.6 is 0 Å². The molecule has 0 radical (unpaired) electrons. The van der Waals surface area contributed by atoms with E-state index in [0.29, 0.717) is 0 Å². The van der Waals surface area contributed by atoms with Gasteiger partial charge in [-0.3, -0.25) is 0 Å². The van der Waals surface area contributed by atoms with Crippen LogP contribution in [0.4, 0.5) is 4.39 Å². The van der Waals surface area contributed by atoms with Gasteiger partial charge < -0.3 is 10.0 Å². The molecule has 0 bridgehead atoms. The standard InChI is InChI=1S/C12H16FNO/c1-14-6-10(8-15)12(7-14)9-3-2-4-11(13)5-9/h2-5,10,12,15H,6-8H2,1H3/t10-,12+/m0/s1. The number of halogens is 1. The smallest absolute Gasteiger partial charge is 0.123 e. The van der Waals surface area contributed by atoms with Crippen LogP contribution in [-0.2, 0) is 0 Å². The van der Waals surface area contributed by atoms with Crippen molar-refractivity contribution in [2.75, 3.05) is 26.7 Å². The van der Waals surface area contributed by atoms with Gasteiger partial charge in [-0.25, -0.2) is 4.39 Å². The third-order valence-electron chi connectivity index (χ3n) is 3.13. The number of aliphatic hydroxyl groups is 1. The molecule has 15 heavy (non-hydrogen) atoms. The fourth-order valence-electron chi connectivity index (χ4n) is 2.39. The molecule has 0 aliphatic carbocycles. The summed E-state index contributed by atoms with van der Waals surface area (Å²) in [6.07, 6.45) is 0. The van der Waals surface area contributed by atoms with Crippen molar-refractivity contribution in [1.82, 2.24) is 4.90 Å². The van der Waals surface area contributed by atoms with Crippen LogP contribution in [-0.4, -0.2) is 36.8 Å². The van der Waals surface area contributed by atoms with Gasteiger partial charge in [0.1, 0.15) is 5.82 Å². The Hall–Kier alpha value is -0.930. The summed E-state index contributed by atoms with van der Waals surface area (Å²) in [6, 6.07) is 6.70. The normalized spacial score (nSPS) is 27.1. The zero-order valence-corrected chi connectivity index (χ0v) is 8.86. The highest BCUT2D eigenvalue weighted by Crippen LogP contribution is 2.31. The van der Waals surface area contributed by atoms with E-state index in [2.05, 4.69) is 4.90 Å². The molecule has 1 aliphatic heterocycles. The maximum Gasteiger partial charge on any atom is 0.123 e. The Balaban J connectivity index is 2.22. The van der Waals surface area contributed by atoms with Gasteiger partial charge in [0.2, 0.25) is 0 Å². The van der Waals surface area contributed by atoms with Gasteiger partial charge in [0.25, 0.3) is 0 Å². The minimum absolute atomic E-state index is 0.172. The summed E-state index contributed by atoms with van der Waals surface area (Å²) in [5, 5.41) is 9.26. The van der Waals surface area contributed by atoms with Crippen molar-refractivity contribution in [2.24, 2.45) is 5.92 Å². The average molecular weight is 209 g/mol. The van der Waals surface area contributed by atoms with Crippen molar-refractivity contribution in [1.29, 1.82) is 0 Å². The summed E-state index contributed by atoms with van der Waals surface area (Å²) in [6.45, 7) is 1.96. The largest absolute Gasteiger partial charge is 0.396 e. The third kappa shape index (κ3) is 2.19. The summed E-state index contributed by atoms with van der Waals surface area (Å²) in [4.78, 5) is 2.18. The van der Waals surface area contributed by atoms with E-state index in [0.717, 1.165) is 18.7 Å². The Labute approximate surface area is 89.3 Å². The SMILES string of the molecule is CN1C[C@@H](CO)[C@@H](c2cccc(F)c2)C1. The maximum absolute atomic E-state index is 13.1. The molecule has 3 heteroatoms. The summed E-state index contributed by atoms with van der Waals surface area (Å²) in [7, 11) is 2.03. The van der Waals surface area contributed by atoms with Crippen LogP contribution in [0.25, 0.3) is 0 Å². The maximum atomic E-state index is 13.1. The van der Waals surface area contributed by atoms with Crippen molar-refractivity contribution in [3.05, 3.63) is 35.6 Å². The highest BCUT2D eigenvalue weighted by atomic mass is 19.1. The zero-order chi connectivity index (χ0) is 10.8. The molecule has 1 aromatic rings. The van der Waals surface area contributed by atoms with E-state index in [1.807, 2.05) is 13.1 Å². The van der Waals surface area contributed by atoms with Gasteiger partial charge in [0.05, 0.1) is 0 Å². The first-order chi connectivity index (χ1) is 7.20. The summed E-state index contributed by atoms with van der Waals surface area (Å²) >= 11 is 0. The molecule has 2 rings (SSSR count). The van der Waals surface area contributed by atoms with Crippen molar-refractivity contribution in [3.8, 4) is 0 Å². The lowest BCUT2D eigenvalue weighted by atomic mass is 9.89. The number of likely N-dealkylation sites (tertiary alicyclic amines) is 1. The van der Waals surface area contributed by atoms with Crippen molar-refractivity contribution >= 4 is 0 Å². The fourth-order valence-corrected chi connectivity index (χ4v) is 2.39. The lowest BCUT2D eigenvalue weighted by Gasteiger charge is -2.16. The van der Waals surface area contributed by atoms with E-state index >= 15 is 0 Å². The predicted molar refractivity (Wildman–Crippen MR) is 57.2 cm³/mol. The van der Waals surface area contributed by atoms with Crippen molar-refractivity contribution < 1.29 is 9.50 Å². The fraction of sp³-hybridized carbons (Fsp3) is 0.500. The van der Waals surface area contributed by atoms with E-state index in [9.17, 15) is 9.50 Å². The van der Waals surface area contributed by atoms with Crippen LogP contribution < -0.4 is 0 Å². The van der Waals surface area contributed by atoms with Gasteiger partial charge >= 0.3 is 0 Å². The number of likely N-dealkylation sites (N-methyl/N-ethyl adjacent to an activating group) is 1. The molecule has 0 spiro atoms. The molecule has 1 fully saturated rings. The second-order valence-electron chi connectivity index (χ2n) is 4.33. The number of rotatable bonds is 2. The van der Waals surface area contributed by atoms with E-state index in [1.165, 1.54) is 6.07 Å². The second kappa shape index (κ2) is 4.29. The molecule has 1 aliphatic rings. The van der Waals surface area contributed by atoms with E-state index in [-0.39, 0.29) is 24.3 Å². The lowest BCUT2D eigenvalue weighted by molar-refractivity contribution is 0.219. The monoisotopic (exact) mass is 209 g/mol. The van der Waals surface area contributed by atoms with Gasteiger partial charge in [-0.15, -0.1) is 0 Å². The summed E-state index contributed by atoms with van der Waals surface area (Å²) < 4.78 is 13.1. The summed E-state index contributed by atoms with van der Waals surface area (Å²) in [5.74, 6) is 0.297. The number of hydrogen-bond acceptors (Lipinski definition) is 2. The quantitative estimate of drug-likeness (QED) is 0.797. The average Bonchev–Trinajstić information content (AvgIpc) is 2.59. The lowest BCUT2D eigenvalue weighted by Crippen LogP contribution is -2.15. The Bertz CT molecular complexity index is 342. The molecule has 0 saturated carbocycles. The number of aliphatic hydroxyl groups excluding tert-OH is 1. The summed E-state index contributed by atoms with van der Waals surface area (Å²) in [5.41, 5.74) is 0.999. The van der Waals surface area contributed by atoms with E-state index in [4.69, 9.17) is 0 Å². The molecule has 2 atom stereocenters. The highest BCUT2D eigenvalue weighted by Gasteiger charge is 2.31. The second-order valence-corrected chi connectivity index (χ2v) is 4.33. The van der Waals surface area contributed by atoms with Crippen molar-refractivity contribution in [2.45, 2.75) is 5.92 Å². The first kappa shape index (κ1) is 10.6. The van der Waals surface area contributed by atoms with Gasteiger partial charge in [0, 0.05) is 31.5 Å². The Kier molecular flexibility index (Phi) is 3.03. The first-order valence-electron chi connectivity index (χ1n) is 5.25. The topological polar surface area (TPSA) is 23.5 Å². The third-order valence-corrected chi connectivity index (χ3v) is 3.13. The molecule has 1 saturated heterocycles. The molecule has 0 amide bonds. The van der Waals surface area contributed by atoms with Crippen LogP contribution in [0.2, 0.25) is 0 Å². The van der Waals surface area contributed by atoms with Crippen LogP contribution in [0.5, 0.6) is 0 Å². The number of hydrogen-bond donors (Lipinski definition) is 1. The first-order valence-corrected chi connectivity index (χ1v) is 5.25. The molecular formula is C12H16FNO. The zero-order valence-electron chi connectivity index (χ0n) is 8.86. The molecule has 82 valence electrons. The number of nitrogens with zero attached hydrogens (tertiary/aromatic N) is 1. The minimum Gasteiger partial charge on any atom is -0.396 e. The minimum atomic E-state index is -0.196. The molecule has 1 heterocycles. The van der Waals surface area contributed by atoms with Gasteiger partial charge in [-0.2, -0.15) is 0 Å². The van der Waals surface area contributed by atoms with Gasteiger partial charge in [-0.1, -0.05) is 12.1 Å². The van der Waals surface area contributed by atoms with Crippen LogP contribution in [0, 0.1) is 11.7 Å². The molecule has 0 unspecified atom stereocenters. The van der Waals surface area contributed by atoms with Crippen LogP contribution in [0.3, 0.4) is 0 Å². The molecule has 1 N–H and O–H groups in total. The molecule has 1 aromatic carbocycles. The molecule has 2 nitrogen and oxygen atoms in total. The number of benzene rings is 1. The van der Waals surface area contributed by atoms with Crippen LogP contribution in [0.15, 0.2) is 24.3 Å². The Morgan fingerprint density at radius 2 is 2.27 bits per heavy atom.